The van der Waals surface area contributed by atoms with Gasteiger partial charge in [-0.2, -0.15) is 0 Å². The fourth-order valence-corrected chi connectivity index (χ4v) is 1.50. The topological polar surface area (TPSA) is 55.1 Å². The number of nitrogen functional groups attached to an aromatic ring is 1. The monoisotopic (exact) mass is 190 g/mol. The number of nitrogens with one attached hydrogen (secondary N) is 1. The van der Waals surface area contributed by atoms with Crippen LogP contribution < -0.4 is 11.1 Å². The van der Waals surface area contributed by atoms with Gasteiger partial charge < -0.3 is 11.1 Å². The van der Waals surface area contributed by atoms with E-state index in [2.05, 4.69) is 5.32 Å². The molecule has 2 rings (SSSR count). The Balaban J connectivity index is 2.02. The van der Waals surface area contributed by atoms with Crippen molar-refractivity contribution in [1.29, 1.82) is 0 Å². The molecule has 14 heavy (non-hydrogen) atoms. The summed E-state index contributed by atoms with van der Waals surface area (Å²) < 4.78 is 0. The van der Waals surface area contributed by atoms with E-state index in [0.29, 0.717) is 17.3 Å². The number of benzene rings is 1. The van der Waals surface area contributed by atoms with Gasteiger partial charge in [0, 0.05) is 17.3 Å². The highest BCUT2D eigenvalue weighted by atomic mass is 16.1. The Hall–Kier alpha value is -1.51. The molecule has 0 spiro atoms. The van der Waals surface area contributed by atoms with Gasteiger partial charge in [-0.05, 0) is 37.5 Å². The van der Waals surface area contributed by atoms with E-state index in [-0.39, 0.29) is 5.91 Å². The van der Waals surface area contributed by atoms with E-state index in [1.54, 1.807) is 24.3 Å². The molecule has 0 bridgehead atoms. The summed E-state index contributed by atoms with van der Waals surface area (Å²) in [6.45, 7) is 0. The number of carbonyl (C=O) groups is 1. The molecule has 0 radical (unpaired) electrons. The Kier molecular flexibility index (Phi) is 2.39. The first-order valence-electron chi connectivity index (χ1n) is 4.92. The van der Waals surface area contributed by atoms with Crippen molar-refractivity contribution < 1.29 is 4.79 Å². The number of rotatable bonds is 2. The van der Waals surface area contributed by atoms with E-state index < -0.39 is 0 Å². The molecule has 1 aromatic rings. The van der Waals surface area contributed by atoms with E-state index in [0.717, 1.165) is 12.8 Å². The highest BCUT2D eigenvalue weighted by molar-refractivity contribution is 5.95. The van der Waals surface area contributed by atoms with E-state index in [1.165, 1.54) is 6.42 Å². The van der Waals surface area contributed by atoms with Crippen LogP contribution in [0.4, 0.5) is 5.69 Å². The molecule has 1 aliphatic rings. The normalized spacial score (nSPS) is 16.0. The van der Waals surface area contributed by atoms with Crippen molar-refractivity contribution in [3.05, 3.63) is 29.8 Å². The Labute approximate surface area is 83.3 Å². The summed E-state index contributed by atoms with van der Waals surface area (Å²) in [6.07, 6.45) is 3.43. The standard InChI is InChI=1S/C11H14N2O/c12-9-4-1-3-8(7-9)11(14)13-10-5-2-6-10/h1,3-4,7,10H,2,5-6,12H2,(H,13,14). The second-order valence-electron chi connectivity index (χ2n) is 3.73. The summed E-state index contributed by atoms with van der Waals surface area (Å²) >= 11 is 0. The summed E-state index contributed by atoms with van der Waals surface area (Å²) in [5, 5.41) is 2.97. The molecule has 0 heterocycles. The van der Waals surface area contributed by atoms with Crippen LogP contribution in [0, 0.1) is 0 Å². The second kappa shape index (κ2) is 3.70. The Morgan fingerprint density at radius 1 is 1.43 bits per heavy atom. The molecule has 0 saturated heterocycles. The molecule has 3 N–H and O–H groups in total. The molecular formula is C11H14N2O. The molecule has 74 valence electrons. The maximum absolute atomic E-state index is 11.6. The summed E-state index contributed by atoms with van der Waals surface area (Å²) in [4.78, 5) is 11.6. The van der Waals surface area contributed by atoms with Crippen LogP contribution >= 0.6 is 0 Å². The van der Waals surface area contributed by atoms with Crippen molar-refractivity contribution in [2.45, 2.75) is 25.3 Å². The van der Waals surface area contributed by atoms with Gasteiger partial charge >= 0.3 is 0 Å². The maximum Gasteiger partial charge on any atom is 0.251 e. The molecule has 1 aliphatic carbocycles. The number of nitrogens with two attached hydrogens (primary N) is 1. The van der Waals surface area contributed by atoms with Crippen molar-refractivity contribution >= 4 is 11.6 Å². The molecule has 0 aromatic heterocycles. The fourth-order valence-electron chi connectivity index (χ4n) is 1.50. The largest absolute Gasteiger partial charge is 0.399 e. The lowest BCUT2D eigenvalue weighted by Crippen LogP contribution is -2.39. The number of carbonyl (C=O) groups excluding carboxylic acids is 1. The molecule has 3 nitrogen and oxygen atoms in total. The Morgan fingerprint density at radius 2 is 2.21 bits per heavy atom. The lowest BCUT2D eigenvalue weighted by molar-refractivity contribution is 0.0917. The van der Waals surface area contributed by atoms with Gasteiger partial charge in [0.25, 0.3) is 5.91 Å². The lowest BCUT2D eigenvalue weighted by atomic mass is 9.93. The van der Waals surface area contributed by atoms with Gasteiger partial charge in [-0.25, -0.2) is 0 Å². The third-order valence-corrected chi connectivity index (χ3v) is 2.59. The predicted molar refractivity (Wildman–Crippen MR) is 56.0 cm³/mol. The van der Waals surface area contributed by atoms with Gasteiger partial charge in [-0.15, -0.1) is 0 Å². The summed E-state index contributed by atoms with van der Waals surface area (Å²) in [6, 6.07) is 7.44. The van der Waals surface area contributed by atoms with Crippen molar-refractivity contribution in [1.82, 2.24) is 5.32 Å². The van der Waals surface area contributed by atoms with Crippen molar-refractivity contribution in [3.63, 3.8) is 0 Å². The van der Waals surface area contributed by atoms with Crippen LogP contribution in [0.1, 0.15) is 29.6 Å². The van der Waals surface area contributed by atoms with Crippen LogP contribution in [0.25, 0.3) is 0 Å². The SMILES string of the molecule is Nc1cccc(C(=O)NC2CCC2)c1. The Morgan fingerprint density at radius 3 is 2.79 bits per heavy atom. The molecule has 1 aromatic carbocycles. The molecule has 3 heteroatoms. The summed E-state index contributed by atoms with van der Waals surface area (Å²) in [5.74, 6) is -0.0120. The van der Waals surface area contributed by atoms with Crippen molar-refractivity contribution in [2.75, 3.05) is 5.73 Å². The van der Waals surface area contributed by atoms with Crippen LogP contribution in [0.15, 0.2) is 24.3 Å². The highest BCUT2D eigenvalue weighted by Gasteiger charge is 2.19. The molecule has 0 unspecified atom stereocenters. The molecule has 1 saturated carbocycles. The maximum atomic E-state index is 11.6. The van der Waals surface area contributed by atoms with E-state index in [1.807, 2.05) is 0 Å². The van der Waals surface area contributed by atoms with E-state index in [9.17, 15) is 4.79 Å². The third-order valence-electron chi connectivity index (χ3n) is 2.59. The molecular weight excluding hydrogens is 176 g/mol. The number of hydrogen-bond acceptors (Lipinski definition) is 2. The van der Waals surface area contributed by atoms with Crippen LogP contribution in [0.3, 0.4) is 0 Å². The first-order valence-corrected chi connectivity index (χ1v) is 4.92. The van der Waals surface area contributed by atoms with Gasteiger partial charge in [0.15, 0.2) is 0 Å². The van der Waals surface area contributed by atoms with Crippen molar-refractivity contribution in [2.24, 2.45) is 0 Å². The summed E-state index contributed by atoms with van der Waals surface area (Å²) in [5.41, 5.74) is 6.87. The van der Waals surface area contributed by atoms with Gasteiger partial charge in [0.05, 0.1) is 0 Å². The number of amides is 1. The predicted octanol–water partition coefficient (Wildman–Crippen LogP) is 1.55. The second-order valence-corrected chi connectivity index (χ2v) is 3.73. The van der Waals surface area contributed by atoms with Crippen molar-refractivity contribution in [3.8, 4) is 0 Å². The average molecular weight is 190 g/mol. The zero-order chi connectivity index (χ0) is 9.97. The van der Waals surface area contributed by atoms with E-state index in [4.69, 9.17) is 5.73 Å². The zero-order valence-electron chi connectivity index (χ0n) is 7.99. The Bertz CT molecular complexity index is 345. The number of hydrogen-bond donors (Lipinski definition) is 2. The molecule has 1 fully saturated rings. The highest BCUT2D eigenvalue weighted by Crippen LogP contribution is 2.18. The minimum absolute atomic E-state index is 0.0120. The van der Waals surface area contributed by atoms with E-state index >= 15 is 0 Å². The summed E-state index contributed by atoms with van der Waals surface area (Å²) in [7, 11) is 0. The van der Waals surface area contributed by atoms with Gasteiger partial charge in [-0.3, -0.25) is 4.79 Å². The first-order chi connectivity index (χ1) is 6.75. The smallest absolute Gasteiger partial charge is 0.251 e. The third kappa shape index (κ3) is 1.87. The quantitative estimate of drug-likeness (QED) is 0.695. The van der Waals surface area contributed by atoms with Gasteiger partial charge in [-0.1, -0.05) is 6.07 Å². The van der Waals surface area contributed by atoms with Crippen LogP contribution in [0.2, 0.25) is 0 Å². The lowest BCUT2D eigenvalue weighted by Gasteiger charge is -2.26. The fraction of sp³-hybridized carbons (Fsp3) is 0.364. The average Bonchev–Trinajstić information content (AvgIpc) is 2.11. The first kappa shape index (κ1) is 9.06. The van der Waals surface area contributed by atoms with Crippen LogP contribution in [-0.4, -0.2) is 11.9 Å². The van der Waals surface area contributed by atoms with Gasteiger partial charge in [0.1, 0.15) is 0 Å². The minimum atomic E-state index is -0.0120. The minimum Gasteiger partial charge on any atom is -0.399 e. The van der Waals surface area contributed by atoms with Crippen LogP contribution in [-0.2, 0) is 0 Å². The molecule has 1 amide bonds. The number of anilines is 1. The molecule has 0 atom stereocenters. The molecule has 0 aliphatic heterocycles. The van der Waals surface area contributed by atoms with Gasteiger partial charge in [0.2, 0.25) is 0 Å². The van der Waals surface area contributed by atoms with Crippen LogP contribution in [0.5, 0.6) is 0 Å². The zero-order valence-corrected chi connectivity index (χ0v) is 7.99.